The molecule has 1 saturated carbocycles. The molecular weight excluding hydrogens is 320 g/mol. The van der Waals surface area contributed by atoms with Gasteiger partial charge in [-0.3, -0.25) is 4.79 Å². The first-order valence-corrected chi connectivity index (χ1v) is 8.66. The highest BCUT2D eigenvalue weighted by Crippen LogP contribution is 2.20. The molecule has 1 amide bonds. The summed E-state index contributed by atoms with van der Waals surface area (Å²) in [5.41, 5.74) is 6.73. The van der Waals surface area contributed by atoms with Crippen molar-refractivity contribution in [3.63, 3.8) is 0 Å². The van der Waals surface area contributed by atoms with Crippen molar-refractivity contribution in [3.8, 4) is 17.1 Å². The van der Waals surface area contributed by atoms with Gasteiger partial charge in [0.1, 0.15) is 5.75 Å². The summed E-state index contributed by atoms with van der Waals surface area (Å²) < 4.78 is 10.4. The number of nitrogens with zero attached hydrogens (tertiary/aromatic N) is 2. The standard InChI is InChI=1S/C18H24N4O3/c1-24-15-8-2-12(3-9-15)18-21-17(25-22-18)11-10-16(23)20-14-6-4-13(19)5-7-14/h2-3,8-9,13-14H,4-7,10-11,19H2,1H3,(H,20,23). The fourth-order valence-corrected chi connectivity index (χ4v) is 3.00. The third kappa shape index (κ3) is 4.79. The number of benzene rings is 1. The van der Waals surface area contributed by atoms with E-state index >= 15 is 0 Å². The average molecular weight is 344 g/mol. The smallest absolute Gasteiger partial charge is 0.227 e. The highest BCUT2D eigenvalue weighted by atomic mass is 16.5. The minimum absolute atomic E-state index is 0.0182. The minimum Gasteiger partial charge on any atom is -0.497 e. The number of amides is 1. The van der Waals surface area contributed by atoms with Crippen molar-refractivity contribution in [1.29, 1.82) is 0 Å². The van der Waals surface area contributed by atoms with Crippen molar-refractivity contribution >= 4 is 5.91 Å². The maximum atomic E-state index is 12.1. The molecule has 134 valence electrons. The molecule has 3 N–H and O–H groups in total. The lowest BCUT2D eigenvalue weighted by molar-refractivity contribution is -0.122. The van der Waals surface area contributed by atoms with Crippen molar-refractivity contribution < 1.29 is 14.1 Å². The Morgan fingerprint density at radius 1 is 1.28 bits per heavy atom. The van der Waals surface area contributed by atoms with E-state index in [0.29, 0.717) is 24.6 Å². The minimum atomic E-state index is 0.0182. The van der Waals surface area contributed by atoms with E-state index in [0.717, 1.165) is 37.0 Å². The second kappa shape index (κ2) is 8.11. The van der Waals surface area contributed by atoms with Gasteiger partial charge in [-0.1, -0.05) is 5.16 Å². The SMILES string of the molecule is COc1ccc(-c2noc(CCC(=O)NC3CCC(N)CC3)n2)cc1. The molecule has 0 aliphatic heterocycles. The normalized spacial score (nSPS) is 20.2. The quantitative estimate of drug-likeness (QED) is 0.831. The first kappa shape index (κ1) is 17.4. The summed E-state index contributed by atoms with van der Waals surface area (Å²) in [6.07, 6.45) is 4.62. The Morgan fingerprint density at radius 3 is 2.68 bits per heavy atom. The Labute approximate surface area is 146 Å². The Kier molecular flexibility index (Phi) is 5.65. The number of aromatic nitrogens is 2. The summed E-state index contributed by atoms with van der Waals surface area (Å²) in [5.74, 6) is 1.77. The van der Waals surface area contributed by atoms with E-state index in [-0.39, 0.29) is 18.0 Å². The number of carbonyl (C=O) groups excluding carboxylic acids is 1. The molecular formula is C18H24N4O3. The number of hydrogen-bond acceptors (Lipinski definition) is 6. The monoisotopic (exact) mass is 344 g/mol. The molecule has 0 saturated heterocycles. The molecule has 1 heterocycles. The Bertz CT molecular complexity index is 691. The molecule has 0 bridgehead atoms. The maximum Gasteiger partial charge on any atom is 0.227 e. The summed E-state index contributed by atoms with van der Waals surface area (Å²) >= 11 is 0. The molecule has 2 aromatic rings. The summed E-state index contributed by atoms with van der Waals surface area (Å²) in [6, 6.07) is 7.94. The molecule has 0 unspecified atom stereocenters. The highest BCUT2D eigenvalue weighted by molar-refractivity contribution is 5.76. The number of aryl methyl sites for hydroxylation is 1. The zero-order chi connectivity index (χ0) is 17.6. The van der Waals surface area contributed by atoms with Gasteiger partial charge in [0.05, 0.1) is 7.11 Å². The lowest BCUT2D eigenvalue weighted by Crippen LogP contribution is -2.40. The Hall–Kier alpha value is -2.41. The number of carbonyl (C=O) groups is 1. The molecule has 1 fully saturated rings. The van der Waals surface area contributed by atoms with E-state index < -0.39 is 0 Å². The average Bonchev–Trinajstić information content (AvgIpc) is 3.11. The van der Waals surface area contributed by atoms with E-state index in [4.69, 9.17) is 15.0 Å². The van der Waals surface area contributed by atoms with Crippen LogP contribution in [-0.2, 0) is 11.2 Å². The van der Waals surface area contributed by atoms with Crippen LogP contribution in [-0.4, -0.2) is 35.2 Å². The molecule has 1 aromatic heterocycles. The molecule has 0 atom stereocenters. The number of hydrogen-bond donors (Lipinski definition) is 2. The van der Waals surface area contributed by atoms with E-state index in [9.17, 15) is 4.79 Å². The van der Waals surface area contributed by atoms with Gasteiger partial charge in [-0.2, -0.15) is 4.98 Å². The van der Waals surface area contributed by atoms with Crippen LogP contribution in [0, 0.1) is 0 Å². The van der Waals surface area contributed by atoms with Gasteiger partial charge in [0.15, 0.2) is 0 Å². The van der Waals surface area contributed by atoms with Crippen molar-refractivity contribution in [3.05, 3.63) is 30.2 Å². The lowest BCUT2D eigenvalue weighted by atomic mass is 9.92. The summed E-state index contributed by atoms with van der Waals surface area (Å²) in [7, 11) is 1.62. The number of nitrogens with two attached hydrogens (primary N) is 1. The van der Waals surface area contributed by atoms with Crippen LogP contribution in [0.2, 0.25) is 0 Å². The fraction of sp³-hybridized carbons (Fsp3) is 0.500. The second-order valence-corrected chi connectivity index (χ2v) is 6.42. The third-order valence-electron chi connectivity index (χ3n) is 4.52. The molecule has 1 aliphatic rings. The van der Waals surface area contributed by atoms with Crippen LogP contribution >= 0.6 is 0 Å². The van der Waals surface area contributed by atoms with Crippen molar-refractivity contribution in [2.45, 2.75) is 50.6 Å². The second-order valence-electron chi connectivity index (χ2n) is 6.42. The zero-order valence-corrected chi connectivity index (χ0v) is 14.4. The Balaban J connectivity index is 1.48. The summed E-state index contributed by atoms with van der Waals surface area (Å²) in [4.78, 5) is 16.4. The molecule has 3 rings (SSSR count). The topological polar surface area (TPSA) is 103 Å². The molecule has 0 spiro atoms. The molecule has 7 nitrogen and oxygen atoms in total. The van der Waals surface area contributed by atoms with Crippen molar-refractivity contribution in [2.24, 2.45) is 5.73 Å². The van der Waals surface area contributed by atoms with Crippen LogP contribution in [0.1, 0.15) is 38.0 Å². The molecule has 7 heteroatoms. The van der Waals surface area contributed by atoms with Gasteiger partial charge in [0, 0.05) is 30.5 Å². The van der Waals surface area contributed by atoms with Crippen LogP contribution in [0.25, 0.3) is 11.4 Å². The zero-order valence-electron chi connectivity index (χ0n) is 14.4. The van der Waals surface area contributed by atoms with Gasteiger partial charge in [-0.05, 0) is 49.9 Å². The number of methoxy groups -OCH3 is 1. The van der Waals surface area contributed by atoms with Crippen LogP contribution in [0.3, 0.4) is 0 Å². The van der Waals surface area contributed by atoms with Gasteiger partial charge in [-0.25, -0.2) is 0 Å². The van der Waals surface area contributed by atoms with Crippen LogP contribution in [0.4, 0.5) is 0 Å². The highest BCUT2D eigenvalue weighted by Gasteiger charge is 2.20. The van der Waals surface area contributed by atoms with Gasteiger partial charge < -0.3 is 20.3 Å². The van der Waals surface area contributed by atoms with Crippen LogP contribution < -0.4 is 15.8 Å². The summed E-state index contributed by atoms with van der Waals surface area (Å²) in [6.45, 7) is 0. The number of ether oxygens (including phenoxy) is 1. The van der Waals surface area contributed by atoms with Gasteiger partial charge in [0.25, 0.3) is 0 Å². The van der Waals surface area contributed by atoms with Crippen LogP contribution in [0.15, 0.2) is 28.8 Å². The Morgan fingerprint density at radius 2 is 2.00 bits per heavy atom. The molecule has 0 radical (unpaired) electrons. The third-order valence-corrected chi connectivity index (χ3v) is 4.52. The van der Waals surface area contributed by atoms with E-state index in [1.807, 2.05) is 24.3 Å². The first-order valence-electron chi connectivity index (χ1n) is 8.66. The van der Waals surface area contributed by atoms with E-state index in [2.05, 4.69) is 15.5 Å². The van der Waals surface area contributed by atoms with E-state index in [1.54, 1.807) is 7.11 Å². The maximum absolute atomic E-state index is 12.1. The predicted octanol–water partition coefficient (Wildman–Crippen LogP) is 2.06. The van der Waals surface area contributed by atoms with Crippen molar-refractivity contribution in [1.82, 2.24) is 15.5 Å². The largest absolute Gasteiger partial charge is 0.497 e. The molecule has 1 aliphatic carbocycles. The number of nitrogens with one attached hydrogen (secondary N) is 1. The van der Waals surface area contributed by atoms with Gasteiger partial charge in [-0.15, -0.1) is 0 Å². The van der Waals surface area contributed by atoms with Crippen LogP contribution in [0.5, 0.6) is 5.75 Å². The van der Waals surface area contributed by atoms with E-state index in [1.165, 1.54) is 0 Å². The molecule has 25 heavy (non-hydrogen) atoms. The first-order chi connectivity index (χ1) is 12.1. The lowest BCUT2D eigenvalue weighted by Gasteiger charge is -2.26. The fourth-order valence-electron chi connectivity index (χ4n) is 3.00. The molecule has 1 aromatic carbocycles. The van der Waals surface area contributed by atoms with Gasteiger partial charge in [0.2, 0.25) is 17.6 Å². The van der Waals surface area contributed by atoms with Gasteiger partial charge >= 0.3 is 0 Å². The summed E-state index contributed by atoms with van der Waals surface area (Å²) in [5, 5.41) is 7.03. The van der Waals surface area contributed by atoms with Crippen molar-refractivity contribution in [2.75, 3.05) is 7.11 Å². The number of rotatable bonds is 6. The predicted molar refractivity (Wildman–Crippen MR) is 93.0 cm³/mol.